The molecule has 168 valence electrons. The zero-order chi connectivity index (χ0) is 22.6. The molecule has 0 bridgehead atoms. The molecule has 0 radical (unpaired) electrons. The van der Waals surface area contributed by atoms with E-state index in [4.69, 9.17) is 4.74 Å². The zero-order valence-electron chi connectivity index (χ0n) is 17.4. The van der Waals surface area contributed by atoms with Crippen LogP contribution in [0.15, 0.2) is 35.7 Å². The SMILES string of the molecule is COc1cccc(N(C(=O)C(F)(F)F)C(C(=O)NC2CCCCC2)c2sccc2C)c1. The van der Waals surface area contributed by atoms with Crippen molar-refractivity contribution in [3.05, 3.63) is 46.2 Å². The second-order valence-electron chi connectivity index (χ2n) is 7.59. The summed E-state index contributed by atoms with van der Waals surface area (Å²) >= 11 is 1.16. The molecule has 1 aliphatic rings. The molecule has 31 heavy (non-hydrogen) atoms. The van der Waals surface area contributed by atoms with Crippen molar-refractivity contribution >= 4 is 28.8 Å². The number of thiophene rings is 1. The molecule has 9 heteroatoms. The van der Waals surface area contributed by atoms with Crippen molar-refractivity contribution in [2.75, 3.05) is 12.0 Å². The lowest BCUT2D eigenvalue weighted by atomic mass is 9.95. The molecule has 1 heterocycles. The Hall–Kier alpha value is -2.55. The van der Waals surface area contributed by atoms with Crippen LogP contribution >= 0.6 is 11.3 Å². The lowest BCUT2D eigenvalue weighted by Crippen LogP contribution is -2.50. The highest BCUT2D eigenvalue weighted by molar-refractivity contribution is 7.10. The van der Waals surface area contributed by atoms with Gasteiger partial charge in [0.05, 0.1) is 7.11 Å². The van der Waals surface area contributed by atoms with Crippen molar-refractivity contribution < 1.29 is 27.5 Å². The highest BCUT2D eigenvalue weighted by Gasteiger charge is 2.48. The summed E-state index contributed by atoms with van der Waals surface area (Å²) in [4.78, 5) is 26.9. The molecule has 1 atom stereocenters. The van der Waals surface area contributed by atoms with Gasteiger partial charge in [0.1, 0.15) is 5.75 Å². The van der Waals surface area contributed by atoms with Crippen LogP contribution in [-0.2, 0) is 9.59 Å². The molecule has 5 nitrogen and oxygen atoms in total. The standard InChI is InChI=1S/C22H25F3N2O3S/c1-14-11-12-31-19(14)18(20(28)26-15-7-4-3-5-8-15)27(21(29)22(23,24)25)16-9-6-10-17(13-16)30-2/h6,9-13,15,18H,3-5,7-8H2,1-2H3,(H,26,28). The highest BCUT2D eigenvalue weighted by Crippen LogP contribution is 2.37. The molecular formula is C22H25F3N2O3S. The maximum absolute atomic E-state index is 13.6. The van der Waals surface area contributed by atoms with Crippen LogP contribution in [0.5, 0.6) is 5.75 Å². The summed E-state index contributed by atoms with van der Waals surface area (Å²) in [6, 6.07) is 5.92. The maximum atomic E-state index is 13.6. The van der Waals surface area contributed by atoms with E-state index in [-0.39, 0.29) is 17.5 Å². The molecule has 2 amide bonds. The summed E-state index contributed by atoms with van der Waals surface area (Å²) in [5.41, 5.74) is 0.593. The summed E-state index contributed by atoms with van der Waals surface area (Å²) in [5.74, 6) is -2.43. The normalized spacial score (nSPS) is 15.9. The Morgan fingerprint density at radius 1 is 1.19 bits per heavy atom. The van der Waals surface area contributed by atoms with Gasteiger partial charge in [0, 0.05) is 22.7 Å². The van der Waals surface area contributed by atoms with Crippen LogP contribution in [0.1, 0.15) is 48.6 Å². The number of amides is 2. The van der Waals surface area contributed by atoms with E-state index in [9.17, 15) is 22.8 Å². The van der Waals surface area contributed by atoms with E-state index in [1.54, 1.807) is 24.4 Å². The van der Waals surface area contributed by atoms with Gasteiger partial charge in [-0.2, -0.15) is 13.2 Å². The van der Waals surface area contributed by atoms with E-state index in [2.05, 4.69) is 5.32 Å². The van der Waals surface area contributed by atoms with Crippen molar-refractivity contribution in [1.29, 1.82) is 0 Å². The number of hydrogen-bond acceptors (Lipinski definition) is 4. The van der Waals surface area contributed by atoms with E-state index < -0.39 is 24.0 Å². The largest absolute Gasteiger partial charge is 0.497 e. The maximum Gasteiger partial charge on any atom is 0.471 e. The van der Waals surface area contributed by atoms with Crippen molar-refractivity contribution in [3.63, 3.8) is 0 Å². The summed E-state index contributed by atoms with van der Waals surface area (Å²) in [5, 5.41) is 4.60. The quantitative estimate of drug-likeness (QED) is 0.657. The first-order chi connectivity index (χ1) is 14.7. The number of halogens is 3. The second kappa shape index (κ2) is 9.72. The second-order valence-corrected chi connectivity index (χ2v) is 8.54. The van der Waals surface area contributed by atoms with Crippen LogP contribution < -0.4 is 15.0 Å². The number of ether oxygens (including phenoxy) is 1. The van der Waals surface area contributed by atoms with Crippen LogP contribution in [-0.4, -0.2) is 31.1 Å². The molecule has 0 spiro atoms. The van der Waals surface area contributed by atoms with Crippen LogP contribution in [0.4, 0.5) is 18.9 Å². The van der Waals surface area contributed by atoms with Crippen molar-refractivity contribution in [2.24, 2.45) is 0 Å². The molecule has 0 aliphatic heterocycles. The minimum Gasteiger partial charge on any atom is -0.497 e. The highest BCUT2D eigenvalue weighted by atomic mass is 32.1. The fraction of sp³-hybridized carbons (Fsp3) is 0.455. The summed E-state index contributed by atoms with van der Waals surface area (Å²) in [6.07, 6.45) is -0.633. The molecule has 1 N–H and O–H groups in total. The molecule has 1 saturated carbocycles. The Morgan fingerprint density at radius 2 is 1.90 bits per heavy atom. The number of aryl methyl sites for hydroxylation is 1. The topological polar surface area (TPSA) is 58.6 Å². The lowest BCUT2D eigenvalue weighted by molar-refractivity contribution is -0.171. The van der Waals surface area contributed by atoms with E-state index >= 15 is 0 Å². The number of carbonyl (C=O) groups excluding carboxylic acids is 2. The average Bonchev–Trinajstić information content (AvgIpc) is 3.16. The van der Waals surface area contributed by atoms with Crippen LogP contribution in [0, 0.1) is 6.92 Å². The predicted molar refractivity (Wildman–Crippen MR) is 113 cm³/mol. The Balaban J connectivity index is 2.08. The summed E-state index contributed by atoms with van der Waals surface area (Å²) in [7, 11) is 1.38. The van der Waals surface area contributed by atoms with Crippen LogP contribution in [0.2, 0.25) is 0 Å². The van der Waals surface area contributed by atoms with Crippen LogP contribution in [0.3, 0.4) is 0 Å². The number of alkyl halides is 3. The average molecular weight is 455 g/mol. The van der Waals surface area contributed by atoms with Gasteiger partial charge in [0.2, 0.25) is 5.91 Å². The molecule has 2 aromatic rings. The first-order valence-corrected chi connectivity index (χ1v) is 11.0. The summed E-state index contributed by atoms with van der Waals surface area (Å²) in [6.45, 7) is 1.72. The van der Waals surface area contributed by atoms with Gasteiger partial charge >= 0.3 is 12.1 Å². The van der Waals surface area contributed by atoms with Gasteiger partial charge in [-0.15, -0.1) is 11.3 Å². The predicted octanol–water partition coefficient (Wildman–Crippen LogP) is 5.15. The van der Waals surface area contributed by atoms with Gasteiger partial charge in [0.25, 0.3) is 0 Å². The minimum atomic E-state index is -5.16. The third kappa shape index (κ3) is 5.39. The fourth-order valence-corrected chi connectivity index (χ4v) is 4.84. The Bertz CT molecular complexity index is 923. The molecule has 3 rings (SSSR count). The van der Waals surface area contributed by atoms with Crippen LogP contribution in [0.25, 0.3) is 0 Å². The first-order valence-electron chi connectivity index (χ1n) is 10.1. The summed E-state index contributed by atoms with van der Waals surface area (Å²) < 4.78 is 46.1. The minimum absolute atomic E-state index is 0.0572. The zero-order valence-corrected chi connectivity index (χ0v) is 18.2. The molecule has 1 aromatic carbocycles. The van der Waals surface area contributed by atoms with Gasteiger partial charge in [-0.05, 0) is 48.9 Å². The number of methoxy groups -OCH3 is 1. The number of anilines is 1. The van der Waals surface area contributed by atoms with Gasteiger partial charge < -0.3 is 10.1 Å². The number of hydrogen-bond donors (Lipinski definition) is 1. The Kier molecular flexibility index (Phi) is 7.25. The molecule has 1 fully saturated rings. The Labute approximate surface area is 183 Å². The molecule has 1 aromatic heterocycles. The van der Waals surface area contributed by atoms with Gasteiger partial charge in [-0.3, -0.25) is 14.5 Å². The van der Waals surface area contributed by atoms with E-state index in [1.165, 1.54) is 25.3 Å². The smallest absolute Gasteiger partial charge is 0.471 e. The van der Waals surface area contributed by atoms with Crippen molar-refractivity contribution in [2.45, 2.75) is 57.3 Å². The van der Waals surface area contributed by atoms with Gasteiger partial charge in [0.15, 0.2) is 6.04 Å². The first kappa shape index (κ1) is 23.1. The van der Waals surface area contributed by atoms with E-state index in [0.717, 1.165) is 43.4 Å². The van der Waals surface area contributed by atoms with E-state index in [1.807, 2.05) is 0 Å². The third-order valence-electron chi connectivity index (χ3n) is 5.40. The number of carbonyl (C=O) groups is 2. The lowest BCUT2D eigenvalue weighted by Gasteiger charge is -2.33. The number of rotatable bonds is 6. The van der Waals surface area contributed by atoms with Gasteiger partial charge in [-0.25, -0.2) is 0 Å². The van der Waals surface area contributed by atoms with Crippen molar-refractivity contribution in [3.8, 4) is 5.75 Å². The number of nitrogens with one attached hydrogen (secondary N) is 1. The Morgan fingerprint density at radius 3 is 2.48 bits per heavy atom. The number of benzene rings is 1. The fourth-order valence-electron chi connectivity index (χ4n) is 3.83. The van der Waals surface area contributed by atoms with E-state index in [0.29, 0.717) is 15.3 Å². The number of nitrogens with zero attached hydrogens (tertiary/aromatic N) is 1. The molecule has 1 unspecified atom stereocenters. The molecular weight excluding hydrogens is 429 g/mol. The molecule has 0 saturated heterocycles. The monoisotopic (exact) mass is 454 g/mol. The molecule has 1 aliphatic carbocycles. The van der Waals surface area contributed by atoms with Crippen molar-refractivity contribution in [1.82, 2.24) is 5.32 Å². The van der Waals surface area contributed by atoms with Gasteiger partial charge in [-0.1, -0.05) is 25.3 Å². The third-order valence-corrected chi connectivity index (χ3v) is 6.47.